The van der Waals surface area contributed by atoms with Crippen LogP contribution in [0.25, 0.3) is 0 Å². The summed E-state index contributed by atoms with van der Waals surface area (Å²) in [5.74, 6) is -0.774. The smallest absolute Gasteiger partial charge is 0.324 e. The minimum atomic E-state index is -3.62. The van der Waals surface area contributed by atoms with Crippen LogP contribution in [-0.2, 0) is 19.7 Å². The average molecular weight is 224 g/mol. The zero-order valence-corrected chi connectivity index (χ0v) is 9.51. The van der Waals surface area contributed by atoms with Crippen molar-refractivity contribution in [1.82, 2.24) is 9.44 Å². The van der Waals surface area contributed by atoms with Gasteiger partial charge in [0, 0.05) is 7.05 Å². The van der Waals surface area contributed by atoms with Gasteiger partial charge in [0.1, 0.15) is 6.04 Å². The Hall–Kier alpha value is -0.660. The Labute approximate surface area is 84.2 Å². The van der Waals surface area contributed by atoms with Crippen molar-refractivity contribution in [2.45, 2.75) is 19.9 Å². The van der Waals surface area contributed by atoms with E-state index in [9.17, 15) is 13.2 Å². The fraction of sp³-hybridized carbons (Fsp3) is 0.857. The molecule has 0 heterocycles. The largest absolute Gasteiger partial charge is 0.468 e. The number of carbonyl (C=O) groups excluding carboxylic acids is 1. The molecule has 0 aliphatic carbocycles. The molecule has 0 bridgehead atoms. The van der Waals surface area contributed by atoms with E-state index in [0.717, 1.165) is 0 Å². The van der Waals surface area contributed by atoms with Gasteiger partial charge in [-0.1, -0.05) is 13.8 Å². The number of rotatable bonds is 5. The molecule has 0 aliphatic rings. The molecule has 0 aromatic heterocycles. The van der Waals surface area contributed by atoms with Gasteiger partial charge in [-0.25, -0.2) is 4.72 Å². The Kier molecular flexibility index (Phi) is 5.03. The standard InChI is InChI=1S/C7H16N2O4S/c1-5(2)6(7(10)13-4)9-14(11,12)8-3/h5-6,8-9H,1-4H3. The molecule has 0 spiro atoms. The van der Waals surface area contributed by atoms with E-state index < -0.39 is 22.2 Å². The molecule has 0 aliphatic heterocycles. The second-order valence-corrected chi connectivity index (χ2v) is 4.72. The van der Waals surface area contributed by atoms with Crippen molar-refractivity contribution in [3.63, 3.8) is 0 Å². The summed E-state index contributed by atoms with van der Waals surface area (Å²) >= 11 is 0. The van der Waals surface area contributed by atoms with E-state index in [4.69, 9.17) is 0 Å². The molecule has 0 aromatic rings. The van der Waals surface area contributed by atoms with E-state index in [1.165, 1.54) is 14.2 Å². The van der Waals surface area contributed by atoms with Crippen LogP contribution in [0, 0.1) is 5.92 Å². The van der Waals surface area contributed by atoms with Crippen molar-refractivity contribution in [3.8, 4) is 0 Å². The third-order valence-electron chi connectivity index (χ3n) is 1.67. The van der Waals surface area contributed by atoms with Crippen molar-refractivity contribution in [2.24, 2.45) is 5.92 Å². The molecule has 0 saturated heterocycles. The van der Waals surface area contributed by atoms with Crippen LogP contribution in [0.5, 0.6) is 0 Å². The lowest BCUT2D eigenvalue weighted by Gasteiger charge is -2.18. The maximum absolute atomic E-state index is 11.2. The van der Waals surface area contributed by atoms with Crippen LogP contribution in [0.3, 0.4) is 0 Å². The molecule has 7 heteroatoms. The summed E-state index contributed by atoms with van der Waals surface area (Å²) in [6, 6.07) is -0.863. The molecule has 0 radical (unpaired) electrons. The highest BCUT2D eigenvalue weighted by molar-refractivity contribution is 7.87. The molecule has 0 aromatic carbocycles. The molecule has 1 unspecified atom stereocenters. The Morgan fingerprint density at radius 1 is 1.36 bits per heavy atom. The van der Waals surface area contributed by atoms with E-state index in [1.54, 1.807) is 13.8 Å². The summed E-state index contributed by atoms with van der Waals surface area (Å²) in [6.07, 6.45) is 0. The Morgan fingerprint density at radius 2 is 1.86 bits per heavy atom. The first-order chi connectivity index (χ1) is 6.34. The van der Waals surface area contributed by atoms with Gasteiger partial charge in [-0.3, -0.25) is 4.79 Å². The van der Waals surface area contributed by atoms with E-state index in [-0.39, 0.29) is 5.92 Å². The van der Waals surface area contributed by atoms with Gasteiger partial charge in [0.25, 0.3) is 10.2 Å². The number of esters is 1. The predicted molar refractivity (Wildman–Crippen MR) is 51.8 cm³/mol. The summed E-state index contributed by atoms with van der Waals surface area (Å²) in [6.45, 7) is 3.44. The molecule has 14 heavy (non-hydrogen) atoms. The minimum absolute atomic E-state index is 0.175. The van der Waals surface area contributed by atoms with Crippen LogP contribution in [0.4, 0.5) is 0 Å². The van der Waals surface area contributed by atoms with Gasteiger partial charge in [-0.05, 0) is 5.92 Å². The fourth-order valence-corrected chi connectivity index (χ4v) is 1.63. The molecule has 6 nitrogen and oxygen atoms in total. The van der Waals surface area contributed by atoms with E-state index in [1.807, 2.05) is 0 Å². The second kappa shape index (κ2) is 5.28. The molecule has 0 rings (SSSR count). The van der Waals surface area contributed by atoms with E-state index in [0.29, 0.717) is 0 Å². The van der Waals surface area contributed by atoms with Crippen LogP contribution >= 0.6 is 0 Å². The molecular weight excluding hydrogens is 208 g/mol. The molecule has 0 saturated carbocycles. The fourth-order valence-electron chi connectivity index (χ4n) is 0.809. The van der Waals surface area contributed by atoms with Crippen LogP contribution in [0.15, 0.2) is 0 Å². The normalized spacial score (nSPS) is 14.1. The lowest BCUT2D eigenvalue weighted by atomic mass is 10.1. The van der Waals surface area contributed by atoms with Crippen LogP contribution in [0.1, 0.15) is 13.8 Å². The Balaban J connectivity index is 4.63. The lowest BCUT2D eigenvalue weighted by molar-refractivity contribution is -0.143. The summed E-state index contributed by atoms with van der Waals surface area (Å²) < 4.78 is 30.9. The number of hydrogen-bond acceptors (Lipinski definition) is 4. The van der Waals surface area contributed by atoms with Gasteiger partial charge in [0.2, 0.25) is 0 Å². The Bertz CT molecular complexity index is 286. The maximum Gasteiger partial charge on any atom is 0.324 e. The third kappa shape index (κ3) is 4.03. The monoisotopic (exact) mass is 224 g/mol. The van der Waals surface area contributed by atoms with Gasteiger partial charge in [-0.2, -0.15) is 13.1 Å². The SMILES string of the molecule is CNS(=O)(=O)NC(C(=O)OC)C(C)C. The highest BCUT2D eigenvalue weighted by atomic mass is 32.2. The number of nitrogens with one attached hydrogen (secondary N) is 2. The summed E-state index contributed by atoms with van der Waals surface area (Å²) in [7, 11) is -1.15. The topological polar surface area (TPSA) is 84.5 Å². The zero-order chi connectivity index (χ0) is 11.4. The van der Waals surface area contributed by atoms with Gasteiger partial charge < -0.3 is 4.74 Å². The molecule has 2 N–H and O–H groups in total. The highest BCUT2D eigenvalue weighted by Crippen LogP contribution is 2.04. The molecule has 84 valence electrons. The number of ether oxygens (including phenoxy) is 1. The first-order valence-corrected chi connectivity index (χ1v) is 5.61. The predicted octanol–water partition coefficient (Wildman–Crippen LogP) is -0.762. The highest BCUT2D eigenvalue weighted by Gasteiger charge is 2.27. The first kappa shape index (κ1) is 13.3. The second-order valence-electron chi connectivity index (χ2n) is 3.07. The van der Waals surface area contributed by atoms with Gasteiger partial charge in [0.15, 0.2) is 0 Å². The molecular formula is C7H16N2O4S. The third-order valence-corrected chi connectivity index (χ3v) is 2.77. The van der Waals surface area contributed by atoms with Gasteiger partial charge >= 0.3 is 5.97 Å². The Morgan fingerprint density at radius 3 is 2.14 bits per heavy atom. The quantitative estimate of drug-likeness (QED) is 0.601. The van der Waals surface area contributed by atoms with Crippen LogP contribution in [0.2, 0.25) is 0 Å². The zero-order valence-electron chi connectivity index (χ0n) is 8.70. The van der Waals surface area contributed by atoms with Crippen molar-refractivity contribution in [3.05, 3.63) is 0 Å². The minimum Gasteiger partial charge on any atom is -0.468 e. The van der Waals surface area contributed by atoms with Crippen LogP contribution < -0.4 is 9.44 Å². The molecule has 0 fully saturated rings. The van der Waals surface area contributed by atoms with Gasteiger partial charge in [0.05, 0.1) is 7.11 Å². The first-order valence-electron chi connectivity index (χ1n) is 4.12. The van der Waals surface area contributed by atoms with E-state index in [2.05, 4.69) is 14.2 Å². The van der Waals surface area contributed by atoms with Crippen molar-refractivity contribution in [1.29, 1.82) is 0 Å². The number of carbonyl (C=O) groups is 1. The number of hydrogen-bond donors (Lipinski definition) is 2. The summed E-state index contributed by atoms with van der Waals surface area (Å²) in [4.78, 5) is 11.2. The maximum atomic E-state index is 11.2. The van der Waals surface area contributed by atoms with Gasteiger partial charge in [-0.15, -0.1) is 0 Å². The van der Waals surface area contributed by atoms with Crippen molar-refractivity contribution >= 4 is 16.2 Å². The summed E-state index contributed by atoms with van der Waals surface area (Å²) in [5, 5.41) is 0. The molecule has 0 amide bonds. The molecule has 1 atom stereocenters. The van der Waals surface area contributed by atoms with Crippen molar-refractivity contribution in [2.75, 3.05) is 14.2 Å². The summed E-state index contributed by atoms with van der Waals surface area (Å²) in [5.41, 5.74) is 0. The van der Waals surface area contributed by atoms with E-state index >= 15 is 0 Å². The average Bonchev–Trinajstić information content (AvgIpc) is 2.13. The number of methoxy groups -OCH3 is 1. The van der Waals surface area contributed by atoms with Crippen molar-refractivity contribution < 1.29 is 17.9 Å². The lowest BCUT2D eigenvalue weighted by Crippen LogP contribution is -2.48. The van der Waals surface area contributed by atoms with Crippen LogP contribution in [-0.4, -0.2) is 34.6 Å².